The average molecular weight is 349 g/mol. The third-order valence-corrected chi connectivity index (χ3v) is 5.48. The molecule has 0 N–H and O–H groups in total. The maximum absolute atomic E-state index is 12.6. The van der Waals surface area contributed by atoms with Crippen LogP contribution < -0.4 is 4.74 Å². The van der Waals surface area contributed by atoms with E-state index in [0.29, 0.717) is 17.6 Å². The SMILES string of the molecule is COc1ccc(/C=C2\CC[C@H](C3CCCC3)C2=O)cc1Br. The number of carbonyl (C=O) groups excluding carboxylic acids is 1. The van der Waals surface area contributed by atoms with Gasteiger partial charge in [-0.2, -0.15) is 0 Å². The summed E-state index contributed by atoms with van der Waals surface area (Å²) >= 11 is 3.50. The predicted octanol–water partition coefficient (Wildman–Crippen LogP) is 5.01. The van der Waals surface area contributed by atoms with E-state index in [9.17, 15) is 4.79 Å². The van der Waals surface area contributed by atoms with Gasteiger partial charge in [0.05, 0.1) is 11.6 Å². The van der Waals surface area contributed by atoms with E-state index in [2.05, 4.69) is 22.0 Å². The van der Waals surface area contributed by atoms with Crippen LogP contribution in [0.25, 0.3) is 6.08 Å². The molecule has 0 aliphatic heterocycles. The number of benzene rings is 1. The Morgan fingerprint density at radius 3 is 2.67 bits per heavy atom. The third kappa shape index (κ3) is 3.08. The Bertz CT molecular complexity index is 571. The van der Waals surface area contributed by atoms with Crippen molar-refractivity contribution in [3.05, 3.63) is 33.8 Å². The highest BCUT2D eigenvalue weighted by atomic mass is 79.9. The molecular weight excluding hydrogens is 328 g/mol. The molecule has 2 saturated carbocycles. The van der Waals surface area contributed by atoms with E-state index in [1.807, 2.05) is 18.2 Å². The molecule has 0 heterocycles. The number of ketones is 1. The van der Waals surface area contributed by atoms with E-state index in [0.717, 1.165) is 34.2 Å². The Labute approximate surface area is 134 Å². The molecule has 2 fully saturated rings. The van der Waals surface area contributed by atoms with Crippen molar-refractivity contribution in [3.63, 3.8) is 0 Å². The zero-order chi connectivity index (χ0) is 14.8. The lowest BCUT2D eigenvalue weighted by molar-refractivity contribution is -0.119. The van der Waals surface area contributed by atoms with Crippen LogP contribution >= 0.6 is 15.9 Å². The standard InChI is InChI=1S/C18H21BrO2/c1-21-17-9-6-12(11-16(17)19)10-14-7-8-15(18(14)20)13-4-2-3-5-13/h6,9-11,13,15H,2-5,7-8H2,1H3/b14-10+/t15-/m1/s1. The molecule has 21 heavy (non-hydrogen) atoms. The zero-order valence-electron chi connectivity index (χ0n) is 12.4. The highest BCUT2D eigenvalue weighted by molar-refractivity contribution is 9.10. The monoisotopic (exact) mass is 348 g/mol. The number of Topliss-reactive ketones (excluding diaryl/α,β-unsaturated/α-hetero) is 1. The van der Waals surface area contributed by atoms with Crippen LogP contribution in [0.4, 0.5) is 0 Å². The van der Waals surface area contributed by atoms with Crippen LogP contribution in [0.5, 0.6) is 5.75 Å². The number of ether oxygens (including phenoxy) is 1. The van der Waals surface area contributed by atoms with Crippen molar-refractivity contribution in [2.45, 2.75) is 38.5 Å². The van der Waals surface area contributed by atoms with Gasteiger partial charge in [0.2, 0.25) is 0 Å². The first-order chi connectivity index (χ1) is 10.2. The molecule has 2 aliphatic rings. The molecule has 3 rings (SSSR count). The van der Waals surface area contributed by atoms with Crippen molar-refractivity contribution < 1.29 is 9.53 Å². The summed E-state index contributed by atoms with van der Waals surface area (Å²) in [6.45, 7) is 0. The van der Waals surface area contributed by atoms with Gasteiger partial charge < -0.3 is 4.74 Å². The second kappa shape index (κ2) is 6.35. The molecular formula is C18H21BrO2. The molecule has 0 radical (unpaired) electrons. The van der Waals surface area contributed by atoms with Crippen LogP contribution in [0.15, 0.2) is 28.2 Å². The number of rotatable bonds is 3. The molecule has 0 aromatic heterocycles. The van der Waals surface area contributed by atoms with Crippen LogP contribution in [0, 0.1) is 11.8 Å². The molecule has 2 nitrogen and oxygen atoms in total. The Hall–Kier alpha value is -1.09. The smallest absolute Gasteiger partial charge is 0.162 e. The van der Waals surface area contributed by atoms with Crippen LogP contribution in [0.3, 0.4) is 0 Å². The van der Waals surface area contributed by atoms with Crippen molar-refractivity contribution in [2.75, 3.05) is 7.11 Å². The quantitative estimate of drug-likeness (QED) is 0.717. The second-order valence-corrected chi connectivity index (χ2v) is 6.97. The summed E-state index contributed by atoms with van der Waals surface area (Å²) in [6, 6.07) is 5.96. The van der Waals surface area contributed by atoms with Gasteiger partial charge in [0.25, 0.3) is 0 Å². The first kappa shape index (κ1) is 14.8. The average Bonchev–Trinajstić information content (AvgIpc) is 3.10. The van der Waals surface area contributed by atoms with Gasteiger partial charge in [0, 0.05) is 5.92 Å². The van der Waals surface area contributed by atoms with Crippen LogP contribution in [-0.2, 0) is 4.79 Å². The zero-order valence-corrected chi connectivity index (χ0v) is 14.0. The lowest BCUT2D eigenvalue weighted by Crippen LogP contribution is -2.16. The number of methoxy groups -OCH3 is 1. The number of hydrogen-bond acceptors (Lipinski definition) is 2. The van der Waals surface area contributed by atoms with Crippen LogP contribution in [0.1, 0.15) is 44.1 Å². The van der Waals surface area contributed by atoms with E-state index >= 15 is 0 Å². The lowest BCUT2D eigenvalue weighted by Gasteiger charge is -2.15. The van der Waals surface area contributed by atoms with Gasteiger partial charge in [0.1, 0.15) is 5.75 Å². The Morgan fingerprint density at radius 2 is 2.00 bits per heavy atom. The van der Waals surface area contributed by atoms with E-state index in [1.165, 1.54) is 25.7 Å². The summed E-state index contributed by atoms with van der Waals surface area (Å²) in [5.74, 6) is 2.15. The summed E-state index contributed by atoms with van der Waals surface area (Å²) in [6.07, 6.45) is 9.14. The van der Waals surface area contributed by atoms with Crippen molar-refractivity contribution in [2.24, 2.45) is 11.8 Å². The highest BCUT2D eigenvalue weighted by Gasteiger charge is 2.36. The predicted molar refractivity (Wildman–Crippen MR) is 88.4 cm³/mol. The molecule has 0 amide bonds. The van der Waals surface area contributed by atoms with Gasteiger partial charge in [-0.1, -0.05) is 18.9 Å². The first-order valence-electron chi connectivity index (χ1n) is 7.77. The second-order valence-electron chi connectivity index (χ2n) is 6.12. The van der Waals surface area contributed by atoms with Crippen LogP contribution in [-0.4, -0.2) is 12.9 Å². The molecule has 3 heteroatoms. The Balaban J connectivity index is 1.77. The Kier molecular flexibility index (Phi) is 4.48. The van der Waals surface area contributed by atoms with Gasteiger partial charge in [0.15, 0.2) is 5.78 Å². The molecule has 2 aliphatic carbocycles. The van der Waals surface area contributed by atoms with Gasteiger partial charge in [-0.25, -0.2) is 0 Å². The molecule has 0 saturated heterocycles. The summed E-state index contributed by atoms with van der Waals surface area (Å²) < 4.78 is 6.17. The molecule has 1 atom stereocenters. The minimum Gasteiger partial charge on any atom is -0.496 e. The van der Waals surface area contributed by atoms with E-state index in [-0.39, 0.29) is 0 Å². The number of halogens is 1. The largest absolute Gasteiger partial charge is 0.496 e. The normalized spacial score (nSPS) is 25.0. The number of hydrogen-bond donors (Lipinski definition) is 0. The first-order valence-corrected chi connectivity index (χ1v) is 8.56. The van der Waals surface area contributed by atoms with E-state index < -0.39 is 0 Å². The van der Waals surface area contributed by atoms with Gasteiger partial charge >= 0.3 is 0 Å². The molecule has 1 aromatic carbocycles. The van der Waals surface area contributed by atoms with Gasteiger partial charge in [-0.15, -0.1) is 0 Å². The molecule has 0 unspecified atom stereocenters. The van der Waals surface area contributed by atoms with Crippen molar-refractivity contribution in [1.29, 1.82) is 0 Å². The molecule has 1 aromatic rings. The minimum absolute atomic E-state index is 0.292. The number of allylic oxidation sites excluding steroid dienone is 1. The lowest BCUT2D eigenvalue weighted by atomic mass is 9.88. The van der Waals surface area contributed by atoms with Gasteiger partial charge in [-0.3, -0.25) is 4.79 Å². The number of carbonyl (C=O) groups is 1. The third-order valence-electron chi connectivity index (χ3n) is 4.86. The maximum Gasteiger partial charge on any atom is 0.162 e. The van der Waals surface area contributed by atoms with Crippen molar-refractivity contribution in [1.82, 2.24) is 0 Å². The summed E-state index contributed by atoms with van der Waals surface area (Å²) in [5.41, 5.74) is 2.07. The van der Waals surface area contributed by atoms with Crippen molar-refractivity contribution in [3.8, 4) is 5.75 Å². The maximum atomic E-state index is 12.6. The summed E-state index contributed by atoms with van der Waals surface area (Å²) in [4.78, 5) is 12.6. The minimum atomic E-state index is 0.292. The van der Waals surface area contributed by atoms with Gasteiger partial charge in [-0.05, 0) is 76.9 Å². The van der Waals surface area contributed by atoms with Crippen molar-refractivity contribution >= 4 is 27.8 Å². The topological polar surface area (TPSA) is 26.3 Å². The summed E-state index contributed by atoms with van der Waals surface area (Å²) in [7, 11) is 1.66. The summed E-state index contributed by atoms with van der Waals surface area (Å²) in [5, 5.41) is 0. The fourth-order valence-corrected chi connectivity index (χ4v) is 4.29. The fraction of sp³-hybridized carbons (Fsp3) is 0.500. The molecule has 0 spiro atoms. The fourth-order valence-electron chi connectivity index (χ4n) is 3.73. The Morgan fingerprint density at radius 1 is 1.24 bits per heavy atom. The molecule has 0 bridgehead atoms. The van der Waals surface area contributed by atoms with E-state index in [1.54, 1.807) is 7.11 Å². The van der Waals surface area contributed by atoms with E-state index in [4.69, 9.17) is 4.74 Å². The molecule has 112 valence electrons. The highest BCUT2D eigenvalue weighted by Crippen LogP contribution is 2.41. The van der Waals surface area contributed by atoms with Crippen LogP contribution in [0.2, 0.25) is 0 Å².